The standard InChI is InChI=1S/Al.Ba.Fe.Pb.Sr.Zn.9H. The average Bonchev–Trinajstić information content (AvgIpc) is 0. The molecule has 0 amide bonds. The minimum Gasteiger partial charge on any atom is 0 e. The first-order valence-electron chi connectivity index (χ1n) is 0. The van der Waals surface area contributed by atoms with E-state index in [1.54, 1.807) is 0 Å². The van der Waals surface area contributed by atoms with Gasteiger partial charge in [-0.1, -0.05) is 0 Å². The van der Waals surface area contributed by atoms with Gasteiger partial charge in [-0.25, -0.2) is 0 Å². The van der Waals surface area contributed by atoms with Crippen LogP contribution in [0.15, 0.2) is 0 Å². The minimum absolute atomic E-state index is 0. The topological polar surface area (TPSA) is 0 Å². The van der Waals surface area contributed by atoms with Crippen molar-refractivity contribution in [3.8, 4) is 0 Å². The van der Waals surface area contributed by atoms with Gasteiger partial charge >= 0.3 is 122 Å². The fourth-order valence-corrected chi connectivity index (χ4v) is 0. The van der Waals surface area contributed by atoms with E-state index in [-0.39, 0.29) is 176 Å². The van der Waals surface area contributed by atoms with Crippen LogP contribution in [0, 0.1) is 0 Å². The van der Waals surface area contributed by atoms with E-state index in [9.17, 15) is 0 Å². The molecule has 0 rings (SSSR count). The van der Waals surface area contributed by atoms with Crippen LogP contribution in [0.2, 0.25) is 0 Å². The van der Waals surface area contributed by atoms with Crippen LogP contribution in [0.1, 0.15) is 0 Å². The Morgan fingerprint density at radius 3 is 1.00 bits per heavy atom. The average molecular weight is 589 g/mol. The Bertz CT molecular complexity index is 15.5. The second-order valence-corrected chi connectivity index (χ2v) is 0. The monoisotopic (exact) mass is 590 g/mol. The van der Waals surface area contributed by atoms with E-state index >= 15 is 0 Å². The van der Waals surface area contributed by atoms with Gasteiger partial charge < -0.3 is 0 Å². The van der Waals surface area contributed by atoms with E-state index in [2.05, 4.69) is 0 Å². The van der Waals surface area contributed by atoms with Gasteiger partial charge in [-0.3, -0.25) is 0 Å². The molecule has 0 heterocycles. The first kappa shape index (κ1) is 41.4. The van der Waals surface area contributed by atoms with Gasteiger partial charge in [0.1, 0.15) is 0 Å². The summed E-state index contributed by atoms with van der Waals surface area (Å²) in [6.45, 7) is 0. The maximum absolute atomic E-state index is 0. The van der Waals surface area contributed by atoms with Gasteiger partial charge in [-0.2, -0.15) is 0 Å². The summed E-state index contributed by atoms with van der Waals surface area (Å²) in [6.07, 6.45) is 0. The molecule has 0 aromatic rings. The smallest absolute Gasteiger partial charge is 0 e. The minimum atomic E-state index is 0. The summed E-state index contributed by atoms with van der Waals surface area (Å²) in [4.78, 5) is 0. The maximum Gasteiger partial charge on any atom is 0 e. The van der Waals surface area contributed by atoms with Crippen LogP contribution in [0.3, 0.4) is 0 Å². The summed E-state index contributed by atoms with van der Waals surface area (Å²) in [7, 11) is 0. The molecule has 0 spiro atoms. The summed E-state index contributed by atoms with van der Waals surface area (Å²) in [5.41, 5.74) is 0. The Balaban J connectivity index is 0. The third kappa shape index (κ3) is 22.6. The molecule has 0 aliphatic rings. The van der Waals surface area contributed by atoms with Crippen molar-refractivity contribution >= 4 is 139 Å². The molecule has 6 heavy (non-hydrogen) atoms. The molecule has 0 bridgehead atoms. The van der Waals surface area contributed by atoms with Gasteiger partial charge in [0.05, 0.1) is 0 Å². The molecule has 0 saturated carbocycles. The van der Waals surface area contributed by atoms with Crippen molar-refractivity contribution in [3.05, 3.63) is 0 Å². The van der Waals surface area contributed by atoms with E-state index in [1.807, 2.05) is 0 Å². The van der Waals surface area contributed by atoms with Crippen molar-refractivity contribution in [2.75, 3.05) is 0 Å². The molecule has 0 saturated heterocycles. The maximum atomic E-state index is 0. The third-order valence-corrected chi connectivity index (χ3v) is 0. The normalized spacial score (nSPS) is 0. The molecule has 0 aliphatic heterocycles. The van der Waals surface area contributed by atoms with E-state index in [4.69, 9.17) is 0 Å². The van der Waals surface area contributed by atoms with Gasteiger partial charge in [-0.15, -0.1) is 0 Å². The van der Waals surface area contributed by atoms with Crippen LogP contribution in [0.4, 0.5) is 0 Å². The molecule has 0 aliphatic carbocycles. The Morgan fingerprint density at radius 1 is 1.00 bits per heavy atom. The molecule has 0 fully saturated rings. The van der Waals surface area contributed by atoms with Crippen LogP contribution in [0.5, 0.6) is 0 Å². The van der Waals surface area contributed by atoms with Gasteiger partial charge in [0.2, 0.25) is 0 Å². The van der Waals surface area contributed by atoms with Gasteiger partial charge in [0, 0.05) is 36.5 Å². The zero-order chi connectivity index (χ0) is 0. The second kappa shape index (κ2) is 31.1. The Hall–Kier alpha value is 5.65. The van der Waals surface area contributed by atoms with Crippen LogP contribution < -0.4 is 0 Å². The first-order valence-corrected chi connectivity index (χ1v) is 0. The van der Waals surface area contributed by atoms with Crippen molar-refractivity contribution in [2.24, 2.45) is 0 Å². The molecule has 0 unspecified atom stereocenters. The molecule has 0 atom stereocenters. The van der Waals surface area contributed by atoms with Crippen molar-refractivity contribution in [3.63, 3.8) is 0 Å². The second-order valence-electron chi connectivity index (χ2n) is 0. The number of hydrogen-bond donors (Lipinski definition) is 0. The summed E-state index contributed by atoms with van der Waals surface area (Å²) in [5.74, 6) is 0. The zero-order valence-corrected chi connectivity index (χ0v) is 11.3. The summed E-state index contributed by atoms with van der Waals surface area (Å²) < 4.78 is 0. The molecular formula is H9AlBaFePbSrZn. The predicted octanol–water partition coefficient (Wildman–Crippen LogP) is -3.94. The van der Waals surface area contributed by atoms with Crippen molar-refractivity contribution in [2.45, 2.75) is 0 Å². The van der Waals surface area contributed by atoms with E-state index < -0.39 is 0 Å². The van der Waals surface area contributed by atoms with E-state index in [1.165, 1.54) is 0 Å². The molecule has 0 nitrogen and oxygen atoms in total. The molecule has 6 heteroatoms. The van der Waals surface area contributed by atoms with Crippen molar-refractivity contribution in [1.82, 2.24) is 0 Å². The Morgan fingerprint density at radius 2 is 1.00 bits per heavy atom. The van der Waals surface area contributed by atoms with Crippen molar-refractivity contribution < 1.29 is 36.5 Å². The Labute approximate surface area is 170 Å². The number of hydrogen-bond acceptors (Lipinski definition) is 0. The molecule has 30 valence electrons. The summed E-state index contributed by atoms with van der Waals surface area (Å²) in [5, 5.41) is 0. The van der Waals surface area contributed by atoms with Crippen LogP contribution >= 0.6 is 0 Å². The fourth-order valence-electron chi connectivity index (χ4n) is 0. The van der Waals surface area contributed by atoms with Crippen LogP contribution in [0.25, 0.3) is 0 Å². The summed E-state index contributed by atoms with van der Waals surface area (Å²) in [6, 6.07) is 0. The first-order chi connectivity index (χ1) is 0. The molecular weight excluding hydrogens is 580 g/mol. The third-order valence-electron chi connectivity index (χ3n) is 0. The number of rotatable bonds is 0. The SMILES string of the molecule is [AlH3].[BaH2].[Fe].[PbH2].[SrH2].[Zn]. The summed E-state index contributed by atoms with van der Waals surface area (Å²) >= 11 is 0. The molecule has 0 aromatic heterocycles. The van der Waals surface area contributed by atoms with Gasteiger partial charge in [0.25, 0.3) is 0 Å². The molecule has 0 aromatic carbocycles. The van der Waals surface area contributed by atoms with E-state index in [0.717, 1.165) is 0 Å². The van der Waals surface area contributed by atoms with Crippen molar-refractivity contribution in [1.29, 1.82) is 0 Å². The largest absolute Gasteiger partial charge is 0 e. The zero-order valence-electron chi connectivity index (χ0n) is 1.77. The quantitative estimate of drug-likeness (QED) is 0.254. The van der Waals surface area contributed by atoms with Crippen LogP contribution in [-0.4, -0.2) is 139 Å². The molecule has 2 radical (unpaired) electrons. The van der Waals surface area contributed by atoms with Crippen LogP contribution in [-0.2, 0) is 36.5 Å². The Kier molecular flexibility index (Phi) is 214. The predicted molar refractivity (Wildman–Crippen MR) is 35.6 cm³/mol. The van der Waals surface area contributed by atoms with Gasteiger partial charge in [0.15, 0.2) is 17.4 Å². The fraction of sp³-hybridized carbons (Fsp3) is 0. The molecule has 0 N–H and O–H groups in total. The van der Waals surface area contributed by atoms with Gasteiger partial charge in [-0.05, 0) is 0 Å². The van der Waals surface area contributed by atoms with E-state index in [0.29, 0.717) is 0 Å².